The number of rotatable bonds is 5. The van der Waals surface area contributed by atoms with Crippen LogP contribution in [0.3, 0.4) is 0 Å². The number of benzene rings is 1. The highest BCUT2D eigenvalue weighted by atomic mass is 16.5. The number of ether oxygens (including phenoxy) is 2. The largest absolute Gasteiger partial charge is 0.494 e. The van der Waals surface area contributed by atoms with Gasteiger partial charge in [-0.2, -0.15) is 0 Å². The molecule has 0 atom stereocenters. The summed E-state index contributed by atoms with van der Waals surface area (Å²) in [6.07, 6.45) is 0.873. The lowest BCUT2D eigenvalue weighted by atomic mass is 10.3. The van der Waals surface area contributed by atoms with Crippen LogP contribution in [0.15, 0.2) is 30.3 Å². The van der Waals surface area contributed by atoms with Crippen LogP contribution in [-0.2, 0) is 4.74 Å². The number of para-hydroxylation sites is 1. The Bertz CT molecular complexity index is 196. The van der Waals surface area contributed by atoms with Gasteiger partial charge in [0.1, 0.15) is 5.75 Å². The predicted molar refractivity (Wildman–Crippen MR) is 47.9 cm³/mol. The Morgan fingerprint density at radius 2 is 1.83 bits per heavy atom. The van der Waals surface area contributed by atoms with Crippen LogP contribution >= 0.6 is 0 Å². The van der Waals surface area contributed by atoms with Crippen LogP contribution in [-0.4, -0.2) is 13.2 Å². The van der Waals surface area contributed by atoms with Gasteiger partial charge in [-0.1, -0.05) is 18.2 Å². The molecule has 0 amide bonds. The van der Waals surface area contributed by atoms with Crippen molar-refractivity contribution in [3.63, 3.8) is 0 Å². The van der Waals surface area contributed by atoms with E-state index in [1.54, 1.807) is 0 Å². The monoisotopic (exact) mass is 165 g/mol. The quantitative estimate of drug-likeness (QED) is 0.623. The van der Waals surface area contributed by atoms with Gasteiger partial charge in [0, 0.05) is 13.0 Å². The SMILES string of the molecule is [CH2]OCCCOc1ccccc1. The molecular formula is C10H13O2. The average Bonchev–Trinajstić information content (AvgIpc) is 2.14. The molecule has 0 N–H and O–H groups in total. The molecule has 0 heterocycles. The van der Waals surface area contributed by atoms with Crippen molar-refractivity contribution in [2.75, 3.05) is 13.2 Å². The van der Waals surface area contributed by atoms with Crippen molar-refractivity contribution < 1.29 is 9.47 Å². The van der Waals surface area contributed by atoms with Crippen molar-refractivity contribution in [2.24, 2.45) is 0 Å². The number of hydrogen-bond acceptors (Lipinski definition) is 2. The Balaban J connectivity index is 2.16. The minimum Gasteiger partial charge on any atom is -0.494 e. The molecule has 0 fully saturated rings. The molecule has 12 heavy (non-hydrogen) atoms. The zero-order valence-corrected chi connectivity index (χ0v) is 7.03. The molecule has 1 radical (unpaired) electrons. The zero-order chi connectivity index (χ0) is 8.65. The van der Waals surface area contributed by atoms with Gasteiger partial charge in [-0.15, -0.1) is 0 Å². The second-order valence-electron chi connectivity index (χ2n) is 2.42. The molecule has 0 aliphatic carbocycles. The van der Waals surface area contributed by atoms with E-state index < -0.39 is 0 Å². The van der Waals surface area contributed by atoms with Crippen LogP contribution in [0, 0.1) is 7.11 Å². The minimum atomic E-state index is 0.646. The van der Waals surface area contributed by atoms with E-state index in [1.807, 2.05) is 30.3 Å². The average molecular weight is 165 g/mol. The maximum absolute atomic E-state index is 5.40. The number of hydrogen-bond donors (Lipinski definition) is 0. The molecule has 1 rings (SSSR count). The topological polar surface area (TPSA) is 18.5 Å². The first-order valence-electron chi connectivity index (χ1n) is 3.98. The lowest BCUT2D eigenvalue weighted by molar-refractivity contribution is 0.204. The molecule has 0 saturated carbocycles. The summed E-state index contributed by atoms with van der Waals surface area (Å²) in [6.45, 7) is 1.33. The van der Waals surface area contributed by atoms with Gasteiger partial charge < -0.3 is 9.47 Å². The van der Waals surface area contributed by atoms with E-state index in [2.05, 4.69) is 11.8 Å². The van der Waals surface area contributed by atoms with Gasteiger partial charge in [0.2, 0.25) is 0 Å². The third-order valence-corrected chi connectivity index (χ3v) is 1.44. The van der Waals surface area contributed by atoms with Crippen molar-refractivity contribution in [3.05, 3.63) is 37.4 Å². The molecular weight excluding hydrogens is 152 g/mol. The van der Waals surface area contributed by atoms with Crippen LogP contribution in [0.1, 0.15) is 6.42 Å². The molecule has 0 bridgehead atoms. The molecule has 65 valence electrons. The van der Waals surface area contributed by atoms with Crippen molar-refractivity contribution in [3.8, 4) is 5.75 Å². The lowest BCUT2D eigenvalue weighted by Gasteiger charge is -2.04. The van der Waals surface area contributed by atoms with Crippen LogP contribution in [0.4, 0.5) is 0 Å². The van der Waals surface area contributed by atoms with E-state index in [1.165, 1.54) is 0 Å². The fourth-order valence-corrected chi connectivity index (χ4v) is 0.868. The fourth-order valence-electron chi connectivity index (χ4n) is 0.868. The Labute approximate surface area is 73.1 Å². The molecule has 1 aromatic carbocycles. The van der Waals surface area contributed by atoms with Crippen molar-refractivity contribution in [2.45, 2.75) is 6.42 Å². The van der Waals surface area contributed by atoms with Crippen molar-refractivity contribution in [1.29, 1.82) is 0 Å². The van der Waals surface area contributed by atoms with E-state index in [-0.39, 0.29) is 0 Å². The third-order valence-electron chi connectivity index (χ3n) is 1.44. The molecule has 1 aromatic rings. The molecule has 0 spiro atoms. The summed E-state index contributed by atoms with van der Waals surface area (Å²) in [5.74, 6) is 0.904. The van der Waals surface area contributed by atoms with Crippen LogP contribution < -0.4 is 4.74 Å². The van der Waals surface area contributed by atoms with Crippen molar-refractivity contribution >= 4 is 0 Å². The summed E-state index contributed by atoms with van der Waals surface area (Å²) in [6, 6.07) is 9.74. The second kappa shape index (κ2) is 5.61. The Morgan fingerprint density at radius 1 is 1.08 bits per heavy atom. The van der Waals surface area contributed by atoms with Crippen LogP contribution in [0.5, 0.6) is 5.75 Å². The highest BCUT2D eigenvalue weighted by Crippen LogP contribution is 2.07. The van der Waals surface area contributed by atoms with Gasteiger partial charge in [0.15, 0.2) is 0 Å². The minimum absolute atomic E-state index is 0.646. The zero-order valence-electron chi connectivity index (χ0n) is 7.03. The molecule has 0 aliphatic heterocycles. The lowest BCUT2D eigenvalue weighted by Crippen LogP contribution is -2.00. The molecule has 2 heteroatoms. The van der Waals surface area contributed by atoms with E-state index >= 15 is 0 Å². The Morgan fingerprint density at radius 3 is 2.50 bits per heavy atom. The summed E-state index contributed by atoms with van der Waals surface area (Å²) >= 11 is 0. The summed E-state index contributed by atoms with van der Waals surface area (Å²) in [5, 5.41) is 0. The molecule has 2 nitrogen and oxygen atoms in total. The first-order chi connectivity index (χ1) is 5.93. The van der Waals surface area contributed by atoms with Gasteiger partial charge in [-0.05, 0) is 12.1 Å². The summed E-state index contributed by atoms with van der Waals surface area (Å²) in [4.78, 5) is 0. The first-order valence-corrected chi connectivity index (χ1v) is 3.98. The molecule has 0 aromatic heterocycles. The summed E-state index contributed by atoms with van der Waals surface area (Å²) in [7, 11) is 3.27. The van der Waals surface area contributed by atoms with Gasteiger partial charge in [-0.3, -0.25) is 0 Å². The van der Waals surface area contributed by atoms with Crippen molar-refractivity contribution in [1.82, 2.24) is 0 Å². The molecule has 0 unspecified atom stereocenters. The smallest absolute Gasteiger partial charge is 0.119 e. The van der Waals surface area contributed by atoms with Gasteiger partial charge in [-0.25, -0.2) is 0 Å². The second-order valence-corrected chi connectivity index (χ2v) is 2.42. The first kappa shape index (κ1) is 9.07. The van der Waals surface area contributed by atoms with Crippen LogP contribution in [0.2, 0.25) is 0 Å². The normalized spacial score (nSPS) is 9.75. The van der Waals surface area contributed by atoms with E-state index in [0.717, 1.165) is 12.2 Å². The maximum Gasteiger partial charge on any atom is 0.119 e. The highest BCUT2D eigenvalue weighted by Gasteiger charge is 1.90. The Kier molecular flexibility index (Phi) is 4.24. The molecule has 0 saturated heterocycles. The summed E-state index contributed by atoms with van der Waals surface area (Å²) < 4.78 is 10.1. The van der Waals surface area contributed by atoms with Gasteiger partial charge >= 0.3 is 0 Å². The predicted octanol–water partition coefficient (Wildman–Crippen LogP) is 2.26. The van der Waals surface area contributed by atoms with Gasteiger partial charge in [0.25, 0.3) is 0 Å². The van der Waals surface area contributed by atoms with E-state index in [9.17, 15) is 0 Å². The maximum atomic E-state index is 5.40. The molecule has 0 aliphatic rings. The van der Waals surface area contributed by atoms with Gasteiger partial charge in [0.05, 0.1) is 13.7 Å². The highest BCUT2D eigenvalue weighted by molar-refractivity contribution is 5.20. The van der Waals surface area contributed by atoms with Crippen LogP contribution in [0.25, 0.3) is 0 Å². The van der Waals surface area contributed by atoms with E-state index in [0.29, 0.717) is 13.2 Å². The van der Waals surface area contributed by atoms with E-state index in [4.69, 9.17) is 4.74 Å². The standard InChI is InChI=1S/C10H13O2/c1-11-8-5-9-12-10-6-3-2-4-7-10/h2-4,6-7H,1,5,8-9H2. The Hall–Kier alpha value is -1.02. The fraction of sp³-hybridized carbons (Fsp3) is 0.300. The third kappa shape index (κ3) is 3.39. The summed E-state index contributed by atoms with van der Waals surface area (Å²) in [5.41, 5.74) is 0.